The van der Waals surface area contributed by atoms with Crippen LogP contribution in [0.25, 0.3) is 0 Å². The molecule has 2 aromatic rings. The van der Waals surface area contributed by atoms with Gasteiger partial charge in [-0.25, -0.2) is 0 Å². The molecule has 0 radical (unpaired) electrons. The van der Waals surface area contributed by atoms with Crippen molar-refractivity contribution in [2.24, 2.45) is 10.9 Å². The normalized spacial score (nSPS) is 23.3. The molecule has 0 aliphatic carbocycles. The summed E-state index contributed by atoms with van der Waals surface area (Å²) < 4.78 is 12.5. The lowest BCUT2D eigenvalue weighted by Crippen LogP contribution is -2.56. The van der Waals surface area contributed by atoms with Crippen LogP contribution in [0.5, 0.6) is 0 Å². The van der Waals surface area contributed by atoms with E-state index in [1.807, 2.05) is 37.4 Å². The first kappa shape index (κ1) is 22.0. The Morgan fingerprint density at radius 1 is 1.06 bits per heavy atom. The topological polar surface area (TPSA) is 47.9 Å². The molecule has 2 aliphatic heterocycles. The number of hydrogen-bond acceptors (Lipinski definition) is 3. The molecule has 6 heteroatoms. The van der Waals surface area contributed by atoms with Gasteiger partial charge in [-0.15, -0.1) is 0 Å². The molecule has 0 bridgehead atoms. The second kappa shape index (κ2) is 10.9. The van der Waals surface area contributed by atoms with Crippen molar-refractivity contribution in [3.8, 4) is 0 Å². The molecule has 0 aromatic heterocycles. The minimum absolute atomic E-state index is 0.591. The molecule has 31 heavy (non-hydrogen) atoms. The Labute approximate surface area is 189 Å². The van der Waals surface area contributed by atoms with Crippen molar-refractivity contribution < 1.29 is 4.21 Å². The third kappa shape index (κ3) is 5.74. The van der Waals surface area contributed by atoms with Crippen LogP contribution < -0.4 is 5.32 Å². The first-order valence-electron chi connectivity index (χ1n) is 11.4. The molecule has 0 saturated carbocycles. The van der Waals surface area contributed by atoms with Crippen molar-refractivity contribution in [3.05, 3.63) is 66.2 Å². The molecule has 0 spiro atoms. The summed E-state index contributed by atoms with van der Waals surface area (Å²) in [6.07, 6.45) is 3.74. The van der Waals surface area contributed by atoms with Gasteiger partial charge in [0.2, 0.25) is 0 Å². The lowest BCUT2D eigenvalue weighted by Gasteiger charge is -2.48. The van der Waals surface area contributed by atoms with Gasteiger partial charge in [-0.05, 0) is 49.4 Å². The SMILES string of the molecule is CN=C(NCCS(=O)c1ccccc1)N1CCC2C(CCCN2Cc2ccccc2)C1. The fourth-order valence-electron chi connectivity index (χ4n) is 4.99. The van der Waals surface area contributed by atoms with Crippen LogP contribution in [0.15, 0.2) is 70.6 Å². The highest BCUT2D eigenvalue weighted by Gasteiger charge is 2.36. The van der Waals surface area contributed by atoms with Crippen molar-refractivity contribution in [1.29, 1.82) is 0 Å². The minimum Gasteiger partial charge on any atom is -0.355 e. The van der Waals surface area contributed by atoms with Gasteiger partial charge in [0.15, 0.2) is 5.96 Å². The van der Waals surface area contributed by atoms with E-state index in [1.165, 1.54) is 31.4 Å². The average molecular weight is 439 g/mol. The van der Waals surface area contributed by atoms with E-state index in [0.29, 0.717) is 24.3 Å². The molecule has 3 atom stereocenters. The summed E-state index contributed by atoms with van der Waals surface area (Å²) in [5.74, 6) is 2.22. The summed E-state index contributed by atoms with van der Waals surface area (Å²) in [5.41, 5.74) is 1.41. The van der Waals surface area contributed by atoms with Crippen molar-refractivity contribution in [2.45, 2.75) is 36.7 Å². The lowest BCUT2D eigenvalue weighted by atomic mass is 9.83. The zero-order valence-electron chi connectivity index (χ0n) is 18.5. The van der Waals surface area contributed by atoms with Gasteiger partial charge in [-0.2, -0.15) is 0 Å². The zero-order valence-corrected chi connectivity index (χ0v) is 19.3. The van der Waals surface area contributed by atoms with Gasteiger partial charge in [0.05, 0.1) is 10.8 Å². The largest absolute Gasteiger partial charge is 0.355 e. The Morgan fingerprint density at radius 3 is 2.55 bits per heavy atom. The molecule has 2 heterocycles. The number of hydrogen-bond donors (Lipinski definition) is 1. The second-order valence-electron chi connectivity index (χ2n) is 8.50. The molecule has 2 aliphatic rings. The summed E-state index contributed by atoms with van der Waals surface area (Å²) in [4.78, 5) is 10.5. The number of nitrogens with zero attached hydrogens (tertiary/aromatic N) is 3. The molecule has 3 unspecified atom stereocenters. The fraction of sp³-hybridized carbons (Fsp3) is 0.480. The van der Waals surface area contributed by atoms with Gasteiger partial charge < -0.3 is 10.2 Å². The van der Waals surface area contributed by atoms with E-state index in [-0.39, 0.29) is 0 Å². The summed E-state index contributed by atoms with van der Waals surface area (Å²) in [6.45, 7) is 5.00. The molecule has 4 rings (SSSR count). The number of nitrogens with one attached hydrogen (secondary N) is 1. The standard InChI is InChI=1S/C25H34N4OS/c1-26-25(27-15-18-31(30)23-12-6-3-7-13-23)29-17-14-24-22(20-29)11-8-16-28(24)19-21-9-4-2-5-10-21/h2-7,9-10,12-13,22,24H,8,11,14-20H2,1H3,(H,26,27). The zero-order chi connectivity index (χ0) is 21.5. The Kier molecular flexibility index (Phi) is 7.76. The van der Waals surface area contributed by atoms with Crippen LogP contribution in [0.1, 0.15) is 24.8 Å². The number of piperidine rings is 2. The fourth-order valence-corrected chi connectivity index (χ4v) is 5.98. The van der Waals surface area contributed by atoms with E-state index in [4.69, 9.17) is 0 Å². The first-order chi connectivity index (χ1) is 15.2. The molecule has 5 nitrogen and oxygen atoms in total. The summed E-state index contributed by atoms with van der Waals surface area (Å²) >= 11 is 0. The lowest BCUT2D eigenvalue weighted by molar-refractivity contribution is 0.0373. The van der Waals surface area contributed by atoms with Crippen LogP contribution in [0.3, 0.4) is 0 Å². The van der Waals surface area contributed by atoms with Gasteiger partial charge in [0.25, 0.3) is 0 Å². The maximum absolute atomic E-state index is 12.5. The number of aliphatic imine (C=N–C) groups is 1. The van der Waals surface area contributed by atoms with E-state index >= 15 is 0 Å². The van der Waals surface area contributed by atoms with Crippen LogP contribution in [0.4, 0.5) is 0 Å². The van der Waals surface area contributed by atoms with Crippen molar-refractivity contribution >= 4 is 16.8 Å². The third-order valence-electron chi connectivity index (χ3n) is 6.50. The molecule has 2 aromatic carbocycles. The number of benzene rings is 2. The minimum atomic E-state index is -0.980. The molecular weight excluding hydrogens is 404 g/mol. The quantitative estimate of drug-likeness (QED) is 0.555. The van der Waals surface area contributed by atoms with Crippen LogP contribution in [-0.4, -0.2) is 65.0 Å². The van der Waals surface area contributed by atoms with Crippen molar-refractivity contribution in [3.63, 3.8) is 0 Å². The van der Waals surface area contributed by atoms with Crippen molar-refractivity contribution in [2.75, 3.05) is 39.0 Å². The Bertz CT molecular complexity index is 874. The van der Waals surface area contributed by atoms with E-state index < -0.39 is 10.8 Å². The van der Waals surface area contributed by atoms with Crippen molar-refractivity contribution in [1.82, 2.24) is 15.1 Å². The number of guanidine groups is 1. The second-order valence-corrected chi connectivity index (χ2v) is 10.1. The van der Waals surface area contributed by atoms with Gasteiger partial charge in [0, 0.05) is 49.9 Å². The molecule has 166 valence electrons. The maximum Gasteiger partial charge on any atom is 0.193 e. The molecule has 1 N–H and O–H groups in total. The monoisotopic (exact) mass is 438 g/mol. The van der Waals surface area contributed by atoms with Gasteiger partial charge in [0.1, 0.15) is 0 Å². The van der Waals surface area contributed by atoms with Crippen LogP contribution in [0.2, 0.25) is 0 Å². The smallest absolute Gasteiger partial charge is 0.193 e. The maximum atomic E-state index is 12.5. The molecular formula is C25H34N4OS. The summed E-state index contributed by atoms with van der Waals surface area (Å²) in [5, 5.41) is 3.46. The molecule has 2 fully saturated rings. The number of likely N-dealkylation sites (tertiary alicyclic amines) is 2. The highest BCUT2D eigenvalue weighted by atomic mass is 32.2. The van der Waals surface area contributed by atoms with Crippen LogP contribution in [-0.2, 0) is 17.3 Å². The summed E-state index contributed by atoms with van der Waals surface area (Å²) in [6, 6.07) is 21.2. The Balaban J connectivity index is 1.29. The van der Waals surface area contributed by atoms with E-state index in [9.17, 15) is 4.21 Å². The van der Waals surface area contributed by atoms with E-state index in [0.717, 1.165) is 30.5 Å². The van der Waals surface area contributed by atoms with Gasteiger partial charge in [-0.1, -0.05) is 48.5 Å². The van der Waals surface area contributed by atoms with Gasteiger partial charge in [-0.3, -0.25) is 14.1 Å². The van der Waals surface area contributed by atoms with E-state index in [1.54, 1.807) is 0 Å². The Morgan fingerprint density at radius 2 is 1.81 bits per heavy atom. The third-order valence-corrected chi connectivity index (χ3v) is 7.87. The van der Waals surface area contributed by atoms with Crippen LogP contribution >= 0.6 is 0 Å². The van der Waals surface area contributed by atoms with Gasteiger partial charge >= 0.3 is 0 Å². The molecule has 2 saturated heterocycles. The number of rotatable bonds is 6. The Hall–Kier alpha value is -2.18. The number of fused-ring (bicyclic) bond motifs is 1. The predicted molar refractivity (Wildman–Crippen MR) is 129 cm³/mol. The average Bonchev–Trinajstić information content (AvgIpc) is 2.83. The first-order valence-corrected chi connectivity index (χ1v) is 12.7. The van der Waals surface area contributed by atoms with Crippen LogP contribution in [0, 0.1) is 5.92 Å². The highest BCUT2D eigenvalue weighted by Crippen LogP contribution is 2.31. The predicted octanol–water partition coefficient (Wildman–Crippen LogP) is 3.36. The summed E-state index contributed by atoms with van der Waals surface area (Å²) in [7, 11) is 0.872. The molecule has 0 amide bonds. The van der Waals surface area contributed by atoms with E-state index in [2.05, 4.69) is 50.4 Å². The highest BCUT2D eigenvalue weighted by molar-refractivity contribution is 7.85.